The Bertz CT molecular complexity index is 675. The Morgan fingerprint density at radius 1 is 1.40 bits per heavy atom. The van der Waals surface area contributed by atoms with Gasteiger partial charge in [0.05, 0.1) is 16.3 Å². The number of carbonyl (C=O) groups excluding carboxylic acids is 1. The zero-order valence-electron chi connectivity index (χ0n) is 10.4. The molecule has 0 saturated heterocycles. The number of nitrogens with one attached hydrogen (secondary N) is 1. The molecule has 0 aliphatic rings. The van der Waals surface area contributed by atoms with E-state index in [2.05, 4.69) is 22.1 Å². The van der Waals surface area contributed by atoms with E-state index in [0.29, 0.717) is 21.8 Å². The maximum absolute atomic E-state index is 12.0. The molecule has 1 aromatic heterocycles. The van der Waals surface area contributed by atoms with Crippen LogP contribution in [0.4, 0.5) is 5.69 Å². The number of aromatic nitrogens is 1. The maximum Gasteiger partial charge on any atom is 0.257 e. The van der Waals surface area contributed by atoms with E-state index < -0.39 is 0 Å². The molecule has 20 heavy (non-hydrogen) atoms. The molecule has 0 radical (unpaired) electrons. The lowest BCUT2D eigenvalue weighted by Crippen LogP contribution is -2.12. The Hall–Kier alpha value is -2.35. The largest absolute Gasteiger partial charge is 0.384 e. The molecule has 1 amide bonds. The van der Waals surface area contributed by atoms with Gasteiger partial charge in [-0.25, -0.2) is 0 Å². The number of amides is 1. The van der Waals surface area contributed by atoms with Crippen LogP contribution in [0.1, 0.15) is 15.9 Å². The van der Waals surface area contributed by atoms with Crippen molar-refractivity contribution in [1.82, 2.24) is 4.98 Å². The van der Waals surface area contributed by atoms with Gasteiger partial charge in [-0.2, -0.15) is 0 Å². The first-order valence-corrected chi connectivity index (χ1v) is 6.19. The van der Waals surface area contributed by atoms with E-state index in [1.807, 2.05) is 0 Å². The standard InChI is InChI=1S/C15H11ClN2O2/c16-13-6-5-11(3-2-8-19)9-14(13)18-15(20)12-4-1-7-17-10-12/h1,4-7,9-10,19H,8H2,(H,18,20). The van der Waals surface area contributed by atoms with Crippen LogP contribution in [0.15, 0.2) is 42.7 Å². The van der Waals surface area contributed by atoms with Gasteiger partial charge < -0.3 is 10.4 Å². The van der Waals surface area contributed by atoms with E-state index >= 15 is 0 Å². The van der Waals surface area contributed by atoms with Gasteiger partial charge in [0.25, 0.3) is 5.91 Å². The van der Waals surface area contributed by atoms with Gasteiger partial charge in [-0.3, -0.25) is 9.78 Å². The summed E-state index contributed by atoms with van der Waals surface area (Å²) in [4.78, 5) is 15.9. The number of nitrogens with zero attached hydrogens (tertiary/aromatic N) is 1. The number of hydrogen-bond acceptors (Lipinski definition) is 3. The number of hydrogen-bond donors (Lipinski definition) is 2. The molecule has 0 unspecified atom stereocenters. The van der Waals surface area contributed by atoms with Crippen LogP contribution < -0.4 is 5.32 Å². The van der Waals surface area contributed by atoms with Crippen LogP contribution in [0.5, 0.6) is 0 Å². The highest BCUT2D eigenvalue weighted by atomic mass is 35.5. The zero-order valence-corrected chi connectivity index (χ0v) is 11.2. The number of rotatable bonds is 2. The zero-order chi connectivity index (χ0) is 14.4. The lowest BCUT2D eigenvalue weighted by molar-refractivity contribution is 0.102. The van der Waals surface area contributed by atoms with Gasteiger partial charge in [-0.15, -0.1) is 0 Å². The third-order valence-corrected chi connectivity index (χ3v) is 2.78. The first kappa shape index (κ1) is 14.1. The predicted octanol–water partition coefficient (Wildman–Crippen LogP) is 2.33. The number of benzene rings is 1. The molecule has 4 nitrogen and oxygen atoms in total. The Morgan fingerprint density at radius 3 is 2.95 bits per heavy atom. The minimum atomic E-state index is -0.299. The monoisotopic (exact) mass is 286 g/mol. The summed E-state index contributed by atoms with van der Waals surface area (Å²) in [5.74, 6) is 4.99. The lowest BCUT2D eigenvalue weighted by Gasteiger charge is -2.07. The van der Waals surface area contributed by atoms with Crippen molar-refractivity contribution in [1.29, 1.82) is 0 Å². The van der Waals surface area contributed by atoms with E-state index in [-0.39, 0.29) is 12.5 Å². The van der Waals surface area contributed by atoms with E-state index in [1.54, 1.807) is 36.5 Å². The number of carbonyl (C=O) groups is 1. The SMILES string of the molecule is O=C(Nc1cc(C#CCO)ccc1Cl)c1cccnc1. The Labute approximate surface area is 121 Å². The Kier molecular flexibility index (Phi) is 4.72. The van der Waals surface area contributed by atoms with Crippen molar-refractivity contribution in [2.45, 2.75) is 0 Å². The summed E-state index contributed by atoms with van der Waals surface area (Å²) in [6, 6.07) is 8.34. The third-order valence-electron chi connectivity index (χ3n) is 2.45. The van der Waals surface area contributed by atoms with Crippen molar-refractivity contribution in [2.24, 2.45) is 0 Å². The van der Waals surface area contributed by atoms with Gasteiger partial charge in [0.1, 0.15) is 6.61 Å². The molecule has 5 heteroatoms. The Morgan fingerprint density at radius 2 is 2.25 bits per heavy atom. The van der Waals surface area contributed by atoms with Crippen molar-refractivity contribution < 1.29 is 9.90 Å². The third kappa shape index (κ3) is 3.58. The number of aliphatic hydroxyl groups excluding tert-OH is 1. The second kappa shape index (κ2) is 6.71. The molecule has 0 spiro atoms. The van der Waals surface area contributed by atoms with Crippen LogP contribution in [0.3, 0.4) is 0 Å². The fourth-order valence-corrected chi connectivity index (χ4v) is 1.70. The molecule has 1 heterocycles. The Balaban J connectivity index is 2.22. The van der Waals surface area contributed by atoms with Crippen LogP contribution in [0, 0.1) is 11.8 Å². The predicted molar refractivity (Wildman–Crippen MR) is 77.6 cm³/mol. The molecule has 0 aliphatic carbocycles. The molecule has 0 saturated carbocycles. The summed E-state index contributed by atoms with van der Waals surface area (Å²) in [6.45, 7) is -0.222. The number of halogens is 1. The fourth-order valence-electron chi connectivity index (χ4n) is 1.53. The quantitative estimate of drug-likeness (QED) is 0.833. The minimum absolute atomic E-state index is 0.222. The lowest BCUT2D eigenvalue weighted by atomic mass is 10.2. The first-order chi connectivity index (χ1) is 9.70. The van der Waals surface area contributed by atoms with Crippen molar-refractivity contribution in [2.75, 3.05) is 11.9 Å². The van der Waals surface area contributed by atoms with Crippen LogP contribution >= 0.6 is 11.6 Å². The fraction of sp³-hybridized carbons (Fsp3) is 0.0667. The molecule has 100 valence electrons. The molecule has 1 aromatic carbocycles. The molecule has 2 N–H and O–H groups in total. The number of anilines is 1. The summed E-state index contributed by atoms with van der Waals surface area (Å²) >= 11 is 6.03. The van der Waals surface area contributed by atoms with Crippen molar-refractivity contribution in [3.8, 4) is 11.8 Å². The summed E-state index contributed by atoms with van der Waals surface area (Å²) in [7, 11) is 0. The van der Waals surface area contributed by atoms with Crippen molar-refractivity contribution in [3.05, 3.63) is 58.9 Å². The minimum Gasteiger partial charge on any atom is -0.384 e. The summed E-state index contributed by atoms with van der Waals surface area (Å²) < 4.78 is 0. The topological polar surface area (TPSA) is 62.2 Å². The molecule has 0 aliphatic heterocycles. The van der Waals surface area contributed by atoms with Crippen molar-refractivity contribution in [3.63, 3.8) is 0 Å². The van der Waals surface area contributed by atoms with Crippen LogP contribution in [0.2, 0.25) is 5.02 Å². The maximum atomic E-state index is 12.0. The summed E-state index contributed by atoms with van der Waals surface area (Å²) in [5, 5.41) is 11.8. The summed E-state index contributed by atoms with van der Waals surface area (Å²) in [6.07, 6.45) is 3.06. The molecule has 0 atom stereocenters. The normalized spacial score (nSPS) is 9.50. The van der Waals surface area contributed by atoms with E-state index in [0.717, 1.165) is 0 Å². The molecule has 0 bridgehead atoms. The van der Waals surface area contributed by atoms with Gasteiger partial charge in [0, 0.05) is 18.0 Å². The van der Waals surface area contributed by atoms with Gasteiger partial charge >= 0.3 is 0 Å². The first-order valence-electron chi connectivity index (χ1n) is 5.81. The van der Waals surface area contributed by atoms with E-state index in [4.69, 9.17) is 16.7 Å². The second-order valence-corrected chi connectivity index (χ2v) is 4.26. The van der Waals surface area contributed by atoms with Crippen molar-refractivity contribution >= 4 is 23.2 Å². The second-order valence-electron chi connectivity index (χ2n) is 3.85. The molecule has 2 rings (SSSR count). The summed E-state index contributed by atoms with van der Waals surface area (Å²) in [5.41, 5.74) is 1.56. The van der Waals surface area contributed by atoms with E-state index in [9.17, 15) is 4.79 Å². The van der Waals surface area contributed by atoms with E-state index in [1.165, 1.54) is 6.20 Å². The number of aliphatic hydroxyl groups is 1. The van der Waals surface area contributed by atoms with Gasteiger partial charge in [-0.1, -0.05) is 23.4 Å². The highest BCUT2D eigenvalue weighted by Crippen LogP contribution is 2.23. The molecular formula is C15H11ClN2O2. The molecule has 2 aromatic rings. The highest BCUT2D eigenvalue weighted by Gasteiger charge is 2.08. The van der Waals surface area contributed by atoms with Gasteiger partial charge in [-0.05, 0) is 30.3 Å². The average Bonchev–Trinajstić information content (AvgIpc) is 2.49. The number of pyridine rings is 1. The van der Waals surface area contributed by atoms with Gasteiger partial charge in [0.2, 0.25) is 0 Å². The molecule has 0 fully saturated rings. The van der Waals surface area contributed by atoms with Crippen LogP contribution in [-0.2, 0) is 0 Å². The van der Waals surface area contributed by atoms with Gasteiger partial charge in [0.15, 0.2) is 0 Å². The molecular weight excluding hydrogens is 276 g/mol. The average molecular weight is 287 g/mol. The highest BCUT2D eigenvalue weighted by molar-refractivity contribution is 6.34. The van der Waals surface area contributed by atoms with Crippen LogP contribution in [-0.4, -0.2) is 22.6 Å². The smallest absolute Gasteiger partial charge is 0.257 e. The van der Waals surface area contributed by atoms with Crippen LogP contribution in [0.25, 0.3) is 0 Å².